The van der Waals surface area contributed by atoms with Crippen LogP contribution in [0.2, 0.25) is 0 Å². The highest BCUT2D eigenvalue weighted by molar-refractivity contribution is 5.69. The van der Waals surface area contributed by atoms with E-state index in [2.05, 4.69) is 9.47 Å². The molecule has 0 radical (unpaired) electrons. The lowest BCUT2D eigenvalue weighted by Gasteiger charge is -2.15. The van der Waals surface area contributed by atoms with Crippen molar-refractivity contribution in [2.75, 3.05) is 13.2 Å². The molecular formula is C8H13F3O3. The average molecular weight is 214 g/mol. The number of hydrogen-bond donors (Lipinski definition) is 0. The van der Waals surface area contributed by atoms with Gasteiger partial charge in [-0.15, -0.1) is 0 Å². The van der Waals surface area contributed by atoms with Gasteiger partial charge in [0.15, 0.2) is 6.10 Å². The minimum absolute atomic E-state index is 0.158. The molecule has 0 fully saturated rings. The third kappa shape index (κ3) is 5.80. The highest BCUT2D eigenvalue weighted by Gasteiger charge is 2.36. The highest BCUT2D eigenvalue weighted by Crippen LogP contribution is 2.22. The van der Waals surface area contributed by atoms with Crippen LogP contribution in [0.15, 0.2) is 0 Å². The topological polar surface area (TPSA) is 35.5 Å². The molecule has 0 aromatic heterocycles. The Morgan fingerprint density at radius 3 is 2.43 bits per heavy atom. The quantitative estimate of drug-likeness (QED) is 0.656. The van der Waals surface area contributed by atoms with E-state index in [1.807, 2.05) is 0 Å². The normalized spacial score (nSPS) is 13.8. The van der Waals surface area contributed by atoms with Gasteiger partial charge in [0, 0.05) is 0 Å². The van der Waals surface area contributed by atoms with E-state index < -0.39 is 18.2 Å². The van der Waals surface area contributed by atoms with Gasteiger partial charge in [-0.25, -0.2) is 0 Å². The van der Waals surface area contributed by atoms with Gasteiger partial charge in [-0.05, 0) is 13.8 Å². The maximum atomic E-state index is 11.9. The first kappa shape index (κ1) is 13.2. The van der Waals surface area contributed by atoms with Crippen LogP contribution in [0.3, 0.4) is 0 Å². The Balaban J connectivity index is 3.59. The van der Waals surface area contributed by atoms with E-state index in [-0.39, 0.29) is 19.6 Å². The van der Waals surface area contributed by atoms with Gasteiger partial charge in [-0.3, -0.25) is 4.79 Å². The first-order valence-electron chi connectivity index (χ1n) is 4.21. The molecule has 0 rings (SSSR count). The van der Waals surface area contributed by atoms with E-state index in [0.717, 1.165) is 6.92 Å². The maximum Gasteiger partial charge on any atom is 0.414 e. The van der Waals surface area contributed by atoms with Gasteiger partial charge in [0.25, 0.3) is 0 Å². The predicted molar refractivity (Wildman–Crippen MR) is 42.7 cm³/mol. The van der Waals surface area contributed by atoms with Crippen LogP contribution in [-0.2, 0) is 14.3 Å². The number of rotatable bonds is 5. The van der Waals surface area contributed by atoms with Gasteiger partial charge < -0.3 is 9.47 Å². The highest BCUT2D eigenvalue weighted by atomic mass is 19.4. The Bertz CT molecular complexity index is 179. The first-order valence-corrected chi connectivity index (χ1v) is 4.21. The Kier molecular flexibility index (Phi) is 5.52. The number of hydrogen-bond acceptors (Lipinski definition) is 3. The SMILES string of the molecule is CCOC(=O)CCOC(C)C(F)(F)F. The minimum Gasteiger partial charge on any atom is -0.466 e. The summed E-state index contributed by atoms with van der Waals surface area (Å²) in [6.07, 6.45) is -6.39. The molecule has 0 aliphatic heterocycles. The summed E-state index contributed by atoms with van der Waals surface area (Å²) in [7, 11) is 0. The molecule has 0 spiro atoms. The van der Waals surface area contributed by atoms with Crippen molar-refractivity contribution in [2.24, 2.45) is 0 Å². The fraction of sp³-hybridized carbons (Fsp3) is 0.875. The molecule has 0 amide bonds. The van der Waals surface area contributed by atoms with Crippen LogP contribution in [0.5, 0.6) is 0 Å². The van der Waals surface area contributed by atoms with Crippen molar-refractivity contribution in [3.8, 4) is 0 Å². The number of alkyl halides is 3. The molecule has 0 N–H and O–H groups in total. The third-order valence-corrected chi connectivity index (χ3v) is 1.44. The third-order valence-electron chi connectivity index (χ3n) is 1.44. The summed E-state index contributed by atoms with van der Waals surface area (Å²) in [5, 5.41) is 0. The standard InChI is InChI=1S/C8H13F3O3/c1-3-13-7(12)4-5-14-6(2)8(9,10)11/h6H,3-5H2,1-2H3. The Labute approximate surface area is 80.2 Å². The molecule has 0 heterocycles. The molecule has 0 saturated heterocycles. The number of esters is 1. The van der Waals surface area contributed by atoms with Crippen molar-refractivity contribution in [3.05, 3.63) is 0 Å². The minimum atomic E-state index is -4.38. The van der Waals surface area contributed by atoms with Gasteiger partial charge >= 0.3 is 12.1 Å². The van der Waals surface area contributed by atoms with E-state index in [0.29, 0.717) is 0 Å². The van der Waals surface area contributed by atoms with Crippen LogP contribution in [-0.4, -0.2) is 31.5 Å². The van der Waals surface area contributed by atoms with E-state index in [9.17, 15) is 18.0 Å². The molecule has 1 unspecified atom stereocenters. The largest absolute Gasteiger partial charge is 0.466 e. The fourth-order valence-corrected chi connectivity index (χ4v) is 0.647. The summed E-state index contributed by atoms with van der Waals surface area (Å²) in [6.45, 7) is 2.45. The van der Waals surface area contributed by atoms with Gasteiger partial charge in [0.05, 0.1) is 19.6 Å². The first-order chi connectivity index (χ1) is 6.38. The molecule has 1 atom stereocenters. The monoisotopic (exact) mass is 214 g/mol. The van der Waals surface area contributed by atoms with Crippen molar-refractivity contribution in [2.45, 2.75) is 32.5 Å². The average Bonchev–Trinajstić information content (AvgIpc) is 2.02. The Morgan fingerprint density at radius 1 is 1.43 bits per heavy atom. The van der Waals surface area contributed by atoms with Crippen LogP contribution >= 0.6 is 0 Å². The second kappa shape index (κ2) is 5.85. The van der Waals surface area contributed by atoms with Crippen LogP contribution < -0.4 is 0 Å². The van der Waals surface area contributed by atoms with Crippen molar-refractivity contribution < 1.29 is 27.4 Å². The summed E-state index contributed by atoms with van der Waals surface area (Å²) < 4.78 is 44.5. The van der Waals surface area contributed by atoms with Crippen LogP contribution in [0, 0.1) is 0 Å². The smallest absolute Gasteiger partial charge is 0.414 e. The molecule has 0 saturated carbocycles. The Hall–Kier alpha value is -0.780. The molecule has 0 bridgehead atoms. The lowest BCUT2D eigenvalue weighted by atomic mass is 10.4. The molecule has 0 aromatic carbocycles. The van der Waals surface area contributed by atoms with Crippen molar-refractivity contribution in [1.82, 2.24) is 0 Å². The summed E-state index contributed by atoms with van der Waals surface area (Å²) in [6, 6.07) is 0. The zero-order chi connectivity index (χ0) is 11.2. The van der Waals surface area contributed by atoms with Crippen molar-refractivity contribution in [1.29, 1.82) is 0 Å². The second-order valence-corrected chi connectivity index (χ2v) is 2.61. The molecule has 84 valence electrons. The van der Waals surface area contributed by atoms with Crippen LogP contribution in [0.4, 0.5) is 13.2 Å². The summed E-state index contributed by atoms with van der Waals surface area (Å²) in [4.78, 5) is 10.7. The van der Waals surface area contributed by atoms with E-state index >= 15 is 0 Å². The van der Waals surface area contributed by atoms with Crippen LogP contribution in [0.1, 0.15) is 20.3 Å². The number of ether oxygens (including phenoxy) is 2. The predicted octanol–water partition coefficient (Wildman–Crippen LogP) is 1.91. The molecule has 3 nitrogen and oxygen atoms in total. The second-order valence-electron chi connectivity index (χ2n) is 2.61. The molecule has 0 aromatic rings. The van der Waals surface area contributed by atoms with E-state index in [1.165, 1.54) is 0 Å². The lowest BCUT2D eigenvalue weighted by molar-refractivity contribution is -0.215. The van der Waals surface area contributed by atoms with Gasteiger partial charge in [-0.1, -0.05) is 0 Å². The van der Waals surface area contributed by atoms with Crippen LogP contribution in [0.25, 0.3) is 0 Å². The summed E-state index contributed by atoms with van der Waals surface area (Å²) in [5.74, 6) is -0.554. The number of carbonyl (C=O) groups is 1. The summed E-state index contributed by atoms with van der Waals surface area (Å²) >= 11 is 0. The summed E-state index contributed by atoms with van der Waals surface area (Å²) in [5.41, 5.74) is 0. The molecule has 0 aliphatic rings. The molecule has 0 aliphatic carbocycles. The maximum absolute atomic E-state index is 11.9. The fourth-order valence-electron chi connectivity index (χ4n) is 0.647. The molecule has 14 heavy (non-hydrogen) atoms. The van der Waals surface area contributed by atoms with E-state index in [4.69, 9.17) is 0 Å². The molecular weight excluding hydrogens is 201 g/mol. The van der Waals surface area contributed by atoms with Gasteiger partial charge in [-0.2, -0.15) is 13.2 Å². The molecule has 6 heteroatoms. The zero-order valence-corrected chi connectivity index (χ0v) is 8.06. The Morgan fingerprint density at radius 2 is 2.00 bits per heavy atom. The van der Waals surface area contributed by atoms with E-state index in [1.54, 1.807) is 6.92 Å². The van der Waals surface area contributed by atoms with Gasteiger partial charge in [0.2, 0.25) is 0 Å². The van der Waals surface area contributed by atoms with Crippen molar-refractivity contribution in [3.63, 3.8) is 0 Å². The van der Waals surface area contributed by atoms with Crippen molar-refractivity contribution >= 4 is 5.97 Å². The zero-order valence-electron chi connectivity index (χ0n) is 8.06. The van der Waals surface area contributed by atoms with Gasteiger partial charge in [0.1, 0.15) is 0 Å². The number of carbonyl (C=O) groups excluding carboxylic acids is 1. The number of halogens is 3. The lowest BCUT2D eigenvalue weighted by Crippen LogP contribution is -2.29.